The Morgan fingerprint density at radius 3 is 2.70 bits per heavy atom. The zero-order valence-corrected chi connectivity index (χ0v) is 6.50. The molecular weight excluding hydrogens is 132 g/mol. The van der Waals surface area contributed by atoms with E-state index < -0.39 is 0 Å². The second-order valence-electron chi connectivity index (χ2n) is 2.34. The van der Waals surface area contributed by atoms with E-state index in [0.717, 1.165) is 12.8 Å². The number of hydrogen-bond acceptors (Lipinski definition) is 3. The van der Waals surface area contributed by atoms with E-state index in [1.807, 2.05) is 6.92 Å². The molecule has 3 heteroatoms. The lowest BCUT2D eigenvalue weighted by Crippen LogP contribution is -2.10. The van der Waals surface area contributed by atoms with Crippen LogP contribution < -0.4 is 0 Å². The van der Waals surface area contributed by atoms with Gasteiger partial charge in [0, 0.05) is 13.0 Å². The van der Waals surface area contributed by atoms with E-state index >= 15 is 0 Å². The summed E-state index contributed by atoms with van der Waals surface area (Å²) >= 11 is 0. The maximum Gasteiger partial charge on any atom is 0.193 e. The van der Waals surface area contributed by atoms with Gasteiger partial charge >= 0.3 is 0 Å². The summed E-state index contributed by atoms with van der Waals surface area (Å²) in [6.07, 6.45) is 1.96. The average Bonchev–Trinajstić information content (AvgIpc) is 2.37. The van der Waals surface area contributed by atoms with Crippen LogP contribution in [0.15, 0.2) is 0 Å². The van der Waals surface area contributed by atoms with Crippen molar-refractivity contribution in [1.29, 1.82) is 0 Å². The molecular formula is C7H14O3. The predicted octanol–water partition coefficient (Wildman–Crippen LogP) is 1.48. The van der Waals surface area contributed by atoms with Gasteiger partial charge in [0.1, 0.15) is 0 Å². The van der Waals surface area contributed by atoms with E-state index in [1.54, 1.807) is 0 Å². The van der Waals surface area contributed by atoms with Crippen LogP contribution in [-0.4, -0.2) is 19.0 Å². The Bertz CT molecular complexity index is 94.9. The topological polar surface area (TPSA) is 27.7 Å². The number of ether oxygens (including phenoxy) is 1. The van der Waals surface area contributed by atoms with E-state index in [1.165, 1.54) is 0 Å². The van der Waals surface area contributed by atoms with Gasteiger partial charge in [-0.1, -0.05) is 6.92 Å². The third kappa shape index (κ3) is 1.94. The summed E-state index contributed by atoms with van der Waals surface area (Å²) < 4.78 is 5.19. The van der Waals surface area contributed by atoms with Crippen molar-refractivity contribution in [2.45, 2.75) is 39.1 Å². The van der Waals surface area contributed by atoms with E-state index in [9.17, 15) is 0 Å². The molecule has 0 radical (unpaired) electrons. The maximum atomic E-state index is 5.19. The molecule has 60 valence electrons. The van der Waals surface area contributed by atoms with Gasteiger partial charge in [0.15, 0.2) is 6.29 Å². The monoisotopic (exact) mass is 146 g/mol. The van der Waals surface area contributed by atoms with Gasteiger partial charge in [-0.25, -0.2) is 9.78 Å². The standard InChI is InChI=1S/C7H14O3/c1-3-6-5-7(8-4-2)10-9-6/h6-7H,3-5H2,1-2H3/t6-,7-/m1/s1. The molecule has 1 heterocycles. The summed E-state index contributed by atoms with van der Waals surface area (Å²) in [5.41, 5.74) is 0. The van der Waals surface area contributed by atoms with Crippen LogP contribution in [-0.2, 0) is 14.5 Å². The van der Waals surface area contributed by atoms with Crippen LogP contribution in [0.5, 0.6) is 0 Å². The van der Waals surface area contributed by atoms with Crippen molar-refractivity contribution in [3.05, 3.63) is 0 Å². The molecule has 0 spiro atoms. The Hall–Kier alpha value is -0.120. The summed E-state index contributed by atoms with van der Waals surface area (Å²) in [5.74, 6) is 0. The van der Waals surface area contributed by atoms with E-state index in [4.69, 9.17) is 14.5 Å². The first-order valence-corrected chi connectivity index (χ1v) is 3.80. The number of hydrogen-bond donors (Lipinski definition) is 0. The Labute approximate surface area is 61.2 Å². The van der Waals surface area contributed by atoms with Gasteiger partial charge in [-0.3, -0.25) is 0 Å². The lowest BCUT2D eigenvalue weighted by molar-refractivity contribution is -0.341. The fourth-order valence-corrected chi connectivity index (χ4v) is 0.950. The minimum Gasteiger partial charge on any atom is -0.350 e. The molecule has 1 aliphatic heterocycles. The largest absolute Gasteiger partial charge is 0.350 e. The first-order chi connectivity index (χ1) is 4.86. The van der Waals surface area contributed by atoms with Crippen molar-refractivity contribution < 1.29 is 14.5 Å². The summed E-state index contributed by atoms with van der Waals surface area (Å²) in [6, 6.07) is 0. The highest BCUT2D eigenvalue weighted by Gasteiger charge is 2.25. The SMILES string of the molecule is CCO[C@H]1C[C@@H](CC)OO1. The van der Waals surface area contributed by atoms with Crippen LogP contribution in [0, 0.1) is 0 Å². The van der Waals surface area contributed by atoms with E-state index in [2.05, 4.69) is 6.92 Å². The molecule has 1 saturated heterocycles. The fourth-order valence-electron chi connectivity index (χ4n) is 0.950. The van der Waals surface area contributed by atoms with Crippen molar-refractivity contribution in [3.63, 3.8) is 0 Å². The summed E-state index contributed by atoms with van der Waals surface area (Å²) in [5, 5.41) is 0. The molecule has 0 N–H and O–H groups in total. The summed E-state index contributed by atoms with van der Waals surface area (Å²) in [4.78, 5) is 9.82. The molecule has 1 fully saturated rings. The van der Waals surface area contributed by atoms with Crippen molar-refractivity contribution in [2.75, 3.05) is 6.61 Å². The maximum absolute atomic E-state index is 5.19. The van der Waals surface area contributed by atoms with Crippen LogP contribution in [0.3, 0.4) is 0 Å². The lowest BCUT2D eigenvalue weighted by Gasteiger charge is -2.03. The number of rotatable bonds is 3. The van der Waals surface area contributed by atoms with Crippen LogP contribution in [0.4, 0.5) is 0 Å². The van der Waals surface area contributed by atoms with Crippen molar-refractivity contribution in [3.8, 4) is 0 Å². The molecule has 1 aliphatic rings. The molecule has 10 heavy (non-hydrogen) atoms. The second-order valence-corrected chi connectivity index (χ2v) is 2.34. The molecule has 0 aromatic carbocycles. The molecule has 0 unspecified atom stereocenters. The molecule has 0 aromatic rings. The van der Waals surface area contributed by atoms with Gasteiger partial charge in [0.25, 0.3) is 0 Å². The normalized spacial score (nSPS) is 33.0. The van der Waals surface area contributed by atoms with Gasteiger partial charge in [-0.2, -0.15) is 0 Å². The molecule has 0 bridgehead atoms. The van der Waals surface area contributed by atoms with Crippen LogP contribution in [0.25, 0.3) is 0 Å². The highest BCUT2D eigenvalue weighted by atomic mass is 17.2. The summed E-state index contributed by atoms with van der Waals surface area (Å²) in [7, 11) is 0. The Morgan fingerprint density at radius 2 is 2.20 bits per heavy atom. The Morgan fingerprint density at radius 1 is 1.40 bits per heavy atom. The Balaban J connectivity index is 2.15. The molecule has 0 amide bonds. The van der Waals surface area contributed by atoms with Crippen molar-refractivity contribution in [1.82, 2.24) is 0 Å². The molecule has 1 rings (SSSR count). The molecule has 3 nitrogen and oxygen atoms in total. The van der Waals surface area contributed by atoms with E-state index in [-0.39, 0.29) is 12.4 Å². The quantitative estimate of drug-likeness (QED) is 0.564. The van der Waals surface area contributed by atoms with Crippen molar-refractivity contribution in [2.24, 2.45) is 0 Å². The average molecular weight is 146 g/mol. The minimum absolute atomic E-state index is 0.130. The molecule has 0 aliphatic carbocycles. The third-order valence-electron chi connectivity index (χ3n) is 1.56. The van der Waals surface area contributed by atoms with Gasteiger partial charge in [-0.15, -0.1) is 0 Å². The highest BCUT2D eigenvalue weighted by Crippen LogP contribution is 2.19. The zero-order valence-electron chi connectivity index (χ0n) is 6.50. The van der Waals surface area contributed by atoms with E-state index in [0.29, 0.717) is 6.61 Å². The van der Waals surface area contributed by atoms with Crippen molar-refractivity contribution >= 4 is 0 Å². The molecule has 0 aromatic heterocycles. The van der Waals surface area contributed by atoms with Crippen LogP contribution in [0.1, 0.15) is 26.7 Å². The van der Waals surface area contributed by atoms with Gasteiger partial charge in [0.2, 0.25) is 0 Å². The van der Waals surface area contributed by atoms with Gasteiger partial charge < -0.3 is 4.74 Å². The highest BCUT2D eigenvalue weighted by molar-refractivity contribution is 4.60. The first-order valence-electron chi connectivity index (χ1n) is 3.80. The first kappa shape index (κ1) is 7.98. The Kier molecular flexibility index (Phi) is 3.12. The predicted molar refractivity (Wildman–Crippen MR) is 36.3 cm³/mol. The van der Waals surface area contributed by atoms with Gasteiger partial charge in [0.05, 0.1) is 6.10 Å². The zero-order chi connectivity index (χ0) is 7.40. The van der Waals surface area contributed by atoms with Gasteiger partial charge in [-0.05, 0) is 13.3 Å². The van der Waals surface area contributed by atoms with Crippen LogP contribution >= 0.6 is 0 Å². The third-order valence-corrected chi connectivity index (χ3v) is 1.56. The summed E-state index contributed by atoms with van der Waals surface area (Å²) in [6.45, 7) is 4.70. The second kappa shape index (κ2) is 3.91. The lowest BCUT2D eigenvalue weighted by atomic mass is 10.2. The van der Waals surface area contributed by atoms with Crippen LogP contribution in [0.2, 0.25) is 0 Å². The molecule has 2 atom stereocenters. The fraction of sp³-hybridized carbons (Fsp3) is 1.00. The minimum atomic E-state index is -0.130. The smallest absolute Gasteiger partial charge is 0.193 e. The molecule has 0 saturated carbocycles.